The van der Waals surface area contributed by atoms with Crippen molar-refractivity contribution in [2.75, 3.05) is 38.1 Å². The lowest BCUT2D eigenvalue weighted by Crippen LogP contribution is -2.46. The van der Waals surface area contributed by atoms with E-state index in [1.807, 2.05) is 0 Å². The molecular weight excluding hydrogens is 272 g/mol. The molecule has 0 bridgehead atoms. The molecule has 0 radical (unpaired) electrons. The second-order valence-electron chi connectivity index (χ2n) is 5.74. The third-order valence-corrected chi connectivity index (χ3v) is 4.39. The molecule has 2 aliphatic rings. The van der Waals surface area contributed by atoms with E-state index in [0.29, 0.717) is 0 Å². The van der Waals surface area contributed by atoms with Crippen LogP contribution in [0.5, 0.6) is 0 Å². The average molecular weight is 292 g/mol. The molecule has 0 saturated carbocycles. The molecule has 4 nitrogen and oxygen atoms in total. The number of hydrogen-bond acceptors (Lipinski definition) is 4. The Balaban J connectivity index is 1.91. The number of rotatable bonds is 0. The van der Waals surface area contributed by atoms with Gasteiger partial charge >= 0.3 is 0 Å². The van der Waals surface area contributed by atoms with Crippen LogP contribution in [0.25, 0.3) is 0 Å². The highest BCUT2D eigenvalue weighted by Crippen LogP contribution is 2.38. The highest BCUT2D eigenvalue weighted by Gasteiger charge is 2.24. The monoisotopic (exact) mass is 292 g/mol. The SMILES string of the molecule is CN1c2ccccc2N=C(N2CCNCC2)c2ccccc21. The fraction of sp³-hybridized carbons (Fsp3) is 0.278. The molecule has 1 saturated heterocycles. The predicted molar refractivity (Wildman–Crippen MR) is 91.6 cm³/mol. The summed E-state index contributed by atoms with van der Waals surface area (Å²) in [5.74, 6) is 1.09. The molecular formula is C18H20N4. The summed E-state index contributed by atoms with van der Waals surface area (Å²) in [5, 5.41) is 3.41. The van der Waals surface area contributed by atoms with Crippen molar-refractivity contribution in [2.24, 2.45) is 4.99 Å². The number of fused-ring (bicyclic) bond motifs is 2. The zero-order valence-electron chi connectivity index (χ0n) is 12.8. The van der Waals surface area contributed by atoms with Crippen molar-refractivity contribution >= 4 is 22.9 Å². The number of piperazine rings is 1. The first-order valence-electron chi connectivity index (χ1n) is 7.81. The smallest absolute Gasteiger partial charge is 0.138 e. The molecule has 0 spiro atoms. The Morgan fingerprint density at radius 2 is 1.59 bits per heavy atom. The van der Waals surface area contributed by atoms with Crippen LogP contribution in [0.3, 0.4) is 0 Å². The fourth-order valence-corrected chi connectivity index (χ4v) is 3.22. The summed E-state index contributed by atoms with van der Waals surface area (Å²) in [4.78, 5) is 9.66. The van der Waals surface area contributed by atoms with E-state index in [9.17, 15) is 0 Å². The molecule has 2 aromatic carbocycles. The van der Waals surface area contributed by atoms with Crippen LogP contribution in [-0.4, -0.2) is 44.0 Å². The van der Waals surface area contributed by atoms with Gasteiger partial charge in [0.25, 0.3) is 0 Å². The predicted octanol–water partition coefficient (Wildman–Crippen LogP) is 2.75. The quantitative estimate of drug-likeness (QED) is 0.810. The van der Waals surface area contributed by atoms with E-state index in [0.717, 1.165) is 43.4 Å². The first kappa shape index (κ1) is 13.3. The number of benzene rings is 2. The summed E-state index contributed by atoms with van der Waals surface area (Å²) in [6, 6.07) is 16.9. The Hall–Kier alpha value is -2.33. The summed E-state index contributed by atoms with van der Waals surface area (Å²) < 4.78 is 0. The molecule has 2 aliphatic heterocycles. The number of aliphatic imine (C=N–C) groups is 1. The lowest BCUT2D eigenvalue weighted by atomic mass is 10.1. The fourth-order valence-electron chi connectivity index (χ4n) is 3.22. The molecule has 112 valence electrons. The van der Waals surface area contributed by atoms with E-state index in [2.05, 4.69) is 70.7 Å². The van der Waals surface area contributed by atoms with E-state index >= 15 is 0 Å². The number of hydrogen-bond donors (Lipinski definition) is 1. The Bertz CT molecular complexity index is 717. The normalized spacial score (nSPS) is 17.4. The van der Waals surface area contributed by atoms with Gasteiger partial charge in [-0.2, -0.15) is 0 Å². The third-order valence-electron chi connectivity index (χ3n) is 4.39. The zero-order valence-corrected chi connectivity index (χ0v) is 12.8. The van der Waals surface area contributed by atoms with Gasteiger partial charge in [0.2, 0.25) is 0 Å². The number of anilines is 2. The maximum Gasteiger partial charge on any atom is 0.138 e. The molecule has 0 atom stereocenters. The van der Waals surface area contributed by atoms with Gasteiger partial charge in [-0.3, -0.25) is 0 Å². The molecule has 0 aliphatic carbocycles. The molecule has 22 heavy (non-hydrogen) atoms. The van der Waals surface area contributed by atoms with E-state index in [4.69, 9.17) is 4.99 Å². The van der Waals surface area contributed by atoms with Crippen molar-refractivity contribution in [3.05, 3.63) is 54.1 Å². The van der Waals surface area contributed by atoms with Crippen molar-refractivity contribution < 1.29 is 0 Å². The molecule has 1 N–H and O–H groups in total. The summed E-state index contributed by atoms with van der Waals surface area (Å²) in [5.41, 5.74) is 4.61. The Morgan fingerprint density at radius 1 is 0.909 bits per heavy atom. The lowest BCUT2D eigenvalue weighted by Gasteiger charge is -2.31. The largest absolute Gasteiger partial charge is 0.353 e. The van der Waals surface area contributed by atoms with Crippen LogP contribution in [0.15, 0.2) is 53.5 Å². The van der Waals surface area contributed by atoms with E-state index in [1.165, 1.54) is 11.3 Å². The second-order valence-corrected chi connectivity index (χ2v) is 5.74. The second kappa shape index (κ2) is 5.46. The van der Waals surface area contributed by atoms with E-state index in [-0.39, 0.29) is 0 Å². The van der Waals surface area contributed by atoms with Gasteiger partial charge in [0, 0.05) is 38.8 Å². The molecule has 4 heteroatoms. The van der Waals surface area contributed by atoms with Gasteiger partial charge in [0.05, 0.1) is 17.1 Å². The minimum atomic E-state index is 0.999. The van der Waals surface area contributed by atoms with Gasteiger partial charge < -0.3 is 15.1 Å². The van der Waals surface area contributed by atoms with Crippen LogP contribution in [-0.2, 0) is 0 Å². The van der Waals surface area contributed by atoms with Crippen molar-refractivity contribution in [1.29, 1.82) is 0 Å². The van der Waals surface area contributed by atoms with Gasteiger partial charge in [-0.1, -0.05) is 24.3 Å². The minimum Gasteiger partial charge on any atom is -0.353 e. The van der Waals surface area contributed by atoms with Crippen molar-refractivity contribution in [3.63, 3.8) is 0 Å². The first-order valence-corrected chi connectivity index (χ1v) is 7.81. The molecule has 2 heterocycles. The van der Waals surface area contributed by atoms with E-state index < -0.39 is 0 Å². The Kier molecular flexibility index (Phi) is 3.31. The molecule has 2 aromatic rings. The van der Waals surface area contributed by atoms with Gasteiger partial charge in [0.1, 0.15) is 5.84 Å². The topological polar surface area (TPSA) is 30.9 Å². The van der Waals surface area contributed by atoms with Crippen LogP contribution in [0.4, 0.5) is 17.1 Å². The van der Waals surface area contributed by atoms with Crippen LogP contribution >= 0.6 is 0 Å². The summed E-state index contributed by atoms with van der Waals surface area (Å²) in [6.07, 6.45) is 0. The Labute approximate surface area is 131 Å². The summed E-state index contributed by atoms with van der Waals surface area (Å²) in [7, 11) is 2.12. The lowest BCUT2D eigenvalue weighted by molar-refractivity contribution is 0.358. The van der Waals surface area contributed by atoms with Gasteiger partial charge in [-0.25, -0.2) is 4.99 Å². The molecule has 0 unspecified atom stereocenters. The average Bonchev–Trinajstić information content (AvgIpc) is 2.72. The van der Waals surface area contributed by atoms with Crippen LogP contribution in [0.1, 0.15) is 5.56 Å². The van der Waals surface area contributed by atoms with Crippen molar-refractivity contribution in [1.82, 2.24) is 10.2 Å². The van der Waals surface area contributed by atoms with Crippen LogP contribution < -0.4 is 10.2 Å². The zero-order chi connectivity index (χ0) is 14.9. The van der Waals surface area contributed by atoms with E-state index in [1.54, 1.807) is 0 Å². The minimum absolute atomic E-state index is 0.999. The third kappa shape index (κ3) is 2.16. The summed E-state index contributed by atoms with van der Waals surface area (Å²) in [6.45, 7) is 4.02. The standard InChI is InChI=1S/C18H20N4/c1-21-16-8-4-2-6-14(16)18(22-12-10-19-11-13-22)20-15-7-3-5-9-17(15)21/h2-9,19H,10-13H2,1H3. The number of nitrogens with one attached hydrogen (secondary N) is 1. The highest BCUT2D eigenvalue weighted by molar-refractivity contribution is 6.08. The van der Waals surface area contributed by atoms with Crippen molar-refractivity contribution in [3.8, 4) is 0 Å². The maximum absolute atomic E-state index is 5.03. The molecule has 4 rings (SSSR count). The highest BCUT2D eigenvalue weighted by atomic mass is 15.2. The van der Waals surface area contributed by atoms with Crippen LogP contribution in [0.2, 0.25) is 0 Å². The number of amidine groups is 1. The number of para-hydroxylation sites is 3. The van der Waals surface area contributed by atoms with Crippen LogP contribution in [0, 0.1) is 0 Å². The van der Waals surface area contributed by atoms with Gasteiger partial charge in [-0.05, 0) is 24.3 Å². The van der Waals surface area contributed by atoms with Gasteiger partial charge in [0.15, 0.2) is 0 Å². The molecule has 0 amide bonds. The van der Waals surface area contributed by atoms with Gasteiger partial charge in [-0.15, -0.1) is 0 Å². The molecule has 1 fully saturated rings. The number of nitrogens with zero attached hydrogens (tertiary/aromatic N) is 3. The summed E-state index contributed by atoms with van der Waals surface area (Å²) >= 11 is 0. The Morgan fingerprint density at radius 3 is 2.41 bits per heavy atom. The first-order chi connectivity index (χ1) is 10.8. The maximum atomic E-state index is 5.03. The van der Waals surface area contributed by atoms with Crippen molar-refractivity contribution in [2.45, 2.75) is 0 Å². The molecule has 0 aromatic heterocycles.